The molecule has 0 aliphatic carbocycles. The zero-order valence-electron chi connectivity index (χ0n) is 13.9. The number of morpholine rings is 1. The molecule has 0 bridgehead atoms. The molecule has 0 spiro atoms. The summed E-state index contributed by atoms with van der Waals surface area (Å²) in [5.74, 6) is 1.15. The van der Waals surface area contributed by atoms with Crippen LogP contribution >= 0.6 is 23.8 Å². The van der Waals surface area contributed by atoms with E-state index in [4.69, 9.17) is 28.6 Å². The van der Waals surface area contributed by atoms with Crippen LogP contribution in [0.15, 0.2) is 36.4 Å². The number of benzene rings is 1. The van der Waals surface area contributed by atoms with Crippen LogP contribution in [0.5, 0.6) is 0 Å². The summed E-state index contributed by atoms with van der Waals surface area (Å²) < 4.78 is 5.37. The third kappa shape index (κ3) is 5.01. The number of hydrogen-bond acceptors (Lipinski definition) is 5. The Morgan fingerprint density at radius 2 is 1.96 bits per heavy atom. The van der Waals surface area contributed by atoms with Crippen molar-refractivity contribution in [2.75, 3.05) is 36.5 Å². The minimum atomic E-state index is 0.0686. The number of halogens is 1. The topological polar surface area (TPSA) is 62.3 Å². The van der Waals surface area contributed by atoms with Crippen LogP contribution < -0.4 is 15.5 Å². The molecular formula is C17H20ClN5OS. The van der Waals surface area contributed by atoms with E-state index in [1.165, 1.54) is 0 Å². The van der Waals surface area contributed by atoms with Crippen LogP contribution in [-0.4, -0.2) is 41.4 Å². The minimum absolute atomic E-state index is 0.0686. The molecule has 3 rings (SSSR count). The van der Waals surface area contributed by atoms with Crippen LogP contribution in [-0.2, 0) is 4.74 Å². The van der Waals surface area contributed by atoms with Crippen LogP contribution in [0.3, 0.4) is 0 Å². The summed E-state index contributed by atoms with van der Waals surface area (Å²) in [5.41, 5.74) is 1.15. The quantitative estimate of drug-likeness (QED) is 0.627. The maximum atomic E-state index is 6.14. The molecule has 1 atom stereocenters. The first-order valence-electron chi connectivity index (χ1n) is 8.11. The number of hydrogen-bond donors (Lipinski definition) is 2. The average molecular weight is 378 g/mol. The van der Waals surface area contributed by atoms with E-state index in [0.29, 0.717) is 29.4 Å². The minimum Gasteiger partial charge on any atom is -0.378 e. The molecule has 2 heterocycles. The summed E-state index contributed by atoms with van der Waals surface area (Å²) in [6.07, 6.45) is 0. The molecule has 6 nitrogen and oxygen atoms in total. The lowest BCUT2D eigenvalue weighted by atomic mass is 10.1. The van der Waals surface area contributed by atoms with Crippen molar-refractivity contribution in [2.24, 2.45) is 0 Å². The van der Waals surface area contributed by atoms with Gasteiger partial charge in [-0.3, -0.25) is 0 Å². The largest absolute Gasteiger partial charge is 0.378 e. The number of anilines is 2. The Morgan fingerprint density at radius 1 is 1.24 bits per heavy atom. The van der Waals surface area contributed by atoms with E-state index in [1.807, 2.05) is 37.3 Å². The molecule has 0 amide bonds. The van der Waals surface area contributed by atoms with Crippen LogP contribution in [0.2, 0.25) is 5.15 Å². The lowest BCUT2D eigenvalue weighted by Crippen LogP contribution is -2.37. The molecule has 1 aromatic heterocycles. The number of ether oxygens (including phenoxy) is 1. The van der Waals surface area contributed by atoms with Crippen molar-refractivity contribution < 1.29 is 4.74 Å². The van der Waals surface area contributed by atoms with Crippen molar-refractivity contribution in [1.29, 1.82) is 0 Å². The third-order valence-corrected chi connectivity index (χ3v) is 4.30. The molecule has 1 aromatic carbocycles. The maximum Gasteiger partial charge on any atom is 0.232 e. The van der Waals surface area contributed by atoms with Crippen LogP contribution in [0.25, 0.3) is 0 Å². The second-order valence-electron chi connectivity index (χ2n) is 5.70. The number of thiocarbonyl (C=S) groups is 1. The van der Waals surface area contributed by atoms with Gasteiger partial charge in [-0.15, -0.1) is 0 Å². The molecule has 0 saturated carbocycles. The van der Waals surface area contributed by atoms with Gasteiger partial charge in [-0.2, -0.15) is 4.98 Å². The zero-order valence-corrected chi connectivity index (χ0v) is 15.5. The van der Waals surface area contributed by atoms with Gasteiger partial charge in [0.05, 0.1) is 19.3 Å². The monoisotopic (exact) mass is 377 g/mol. The molecule has 1 fully saturated rings. The van der Waals surface area contributed by atoms with Crippen molar-refractivity contribution in [3.8, 4) is 0 Å². The Morgan fingerprint density at radius 3 is 2.68 bits per heavy atom. The van der Waals surface area contributed by atoms with E-state index in [2.05, 4.69) is 25.5 Å². The smallest absolute Gasteiger partial charge is 0.232 e. The van der Waals surface area contributed by atoms with Gasteiger partial charge in [-0.25, -0.2) is 4.98 Å². The fourth-order valence-electron chi connectivity index (χ4n) is 2.58. The van der Waals surface area contributed by atoms with Crippen molar-refractivity contribution >= 4 is 40.7 Å². The van der Waals surface area contributed by atoms with Crippen LogP contribution in [0, 0.1) is 0 Å². The van der Waals surface area contributed by atoms with E-state index < -0.39 is 0 Å². The molecule has 25 heavy (non-hydrogen) atoms. The molecule has 1 saturated heterocycles. The van der Waals surface area contributed by atoms with Crippen molar-refractivity contribution in [1.82, 2.24) is 15.3 Å². The van der Waals surface area contributed by atoms with Gasteiger partial charge in [0, 0.05) is 19.2 Å². The maximum absolute atomic E-state index is 6.14. The normalized spacial score (nSPS) is 15.5. The average Bonchev–Trinajstić information content (AvgIpc) is 2.62. The molecule has 8 heteroatoms. The first-order valence-corrected chi connectivity index (χ1v) is 8.90. The van der Waals surface area contributed by atoms with Crippen molar-refractivity contribution in [3.63, 3.8) is 0 Å². The summed E-state index contributed by atoms with van der Waals surface area (Å²) in [6.45, 7) is 4.96. The number of rotatable bonds is 4. The predicted octanol–water partition coefficient (Wildman–Crippen LogP) is 3.01. The number of aromatic nitrogens is 2. The van der Waals surface area contributed by atoms with E-state index in [1.54, 1.807) is 6.07 Å². The second kappa shape index (κ2) is 8.42. The second-order valence-corrected chi connectivity index (χ2v) is 6.50. The summed E-state index contributed by atoms with van der Waals surface area (Å²) in [4.78, 5) is 10.8. The van der Waals surface area contributed by atoms with Crippen LogP contribution in [0.1, 0.15) is 18.5 Å². The molecule has 2 aromatic rings. The first-order chi connectivity index (χ1) is 12.1. The van der Waals surface area contributed by atoms with Gasteiger partial charge in [0.1, 0.15) is 11.0 Å². The molecule has 1 aliphatic rings. The highest BCUT2D eigenvalue weighted by atomic mass is 35.5. The Hall–Kier alpha value is -1.96. The summed E-state index contributed by atoms with van der Waals surface area (Å²) in [6, 6.07) is 11.9. The van der Waals surface area contributed by atoms with Gasteiger partial charge in [-0.1, -0.05) is 41.9 Å². The van der Waals surface area contributed by atoms with E-state index in [-0.39, 0.29) is 6.04 Å². The van der Waals surface area contributed by atoms with E-state index in [0.717, 1.165) is 24.5 Å². The van der Waals surface area contributed by atoms with Gasteiger partial charge in [0.15, 0.2) is 5.11 Å². The van der Waals surface area contributed by atoms with Crippen molar-refractivity contribution in [3.05, 3.63) is 47.1 Å². The summed E-state index contributed by atoms with van der Waals surface area (Å²) in [7, 11) is 0. The lowest BCUT2D eigenvalue weighted by molar-refractivity contribution is 0.122. The van der Waals surface area contributed by atoms with E-state index in [9.17, 15) is 0 Å². The first kappa shape index (κ1) is 17.8. The molecule has 0 radical (unpaired) electrons. The molecule has 132 valence electrons. The third-order valence-electron chi connectivity index (χ3n) is 3.89. The highest BCUT2D eigenvalue weighted by Gasteiger charge is 2.15. The van der Waals surface area contributed by atoms with Crippen LogP contribution in [0.4, 0.5) is 11.8 Å². The van der Waals surface area contributed by atoms with Gasteiger partial charge in [0.2, 0.25) is 5.95 Å². The zero-order chi connectivity index (χ0) is 17.6. The Bertz CT molecular complexity index is 724. The predicted molar refractivity (Wildman–Crippen MR) is 104 cm³/mol. The standard InChI is InChI=1S/C17H20ClN5OS/c1-12(13-5-3-2-4-6-13)19-17(25)22-16-20-14(18)11-15(21-16)23-7-9-24-10-8-23/h2-6,11-12H,7-10H2,1H3,(H2,19,20,21,22,25)/t12-/m0/s1. The Labute approximate surface area is 157 Å². The highest BCUT2D eigenvalue weighted by molar-refractivity contribution is 7.80. The molecule has 2 N–H and O–H groups in total. The van der Waals surface area contributed by atoms with E-state index >= 15 is 0 Å². The SMILES string of the molecule is C[C@H](NC(=S)Nc1nc(Cl)cc(N2CCOCC2)n1)c1ccccc1. The fourth-order valence-corrected chi connectivity index (χ4v) is 3.02. The fraction of sp³-hybridized carbons (Fsp3) is 0.353. The number of nitrogens with one attached hydrogen (secondary N) is 2. The summed E-state index contributed by atoms with van der Waals surface area (Å²) >= 11 is 11.5. The van der Waals surface area contributed by atoms with Gasteiger partial charge < -0.3 is 20.3 Å². The van der Waals surface area contributed by atoms with Gasteiger partial charge >= 0.3 is 0 Å². The molecule has 0 unspecified atom stereocenters. The van der Waals surface area contributed by atoms with Gasteiger partial charge in [-0.05, 0) is 24.7 Å². The highest BCUT2D eigenvalue weighted by Crippen LogP contribution is 2.19. The Kier molecular flexibility index (Phi) is 6.01. The Balaban J connectivity index is 1.65. The van der Waals surface area contributed by atoms with Crippen molar-refractivity contribution in [2.45, 2.75) is 13.0 Å². The van der Waals surface area contributed by atoms with Gasteiger partial charge in [0.25, 0.3) is 0 Å². The number of nitrogens with zero attached hydrogens (tertiary/aromatic N) is 3. The summed E-state index contributed by atoms with van der Waals surface area (Å²) in [5, 5.41) is 7.07. The lowest BCUT2D eigenvalue weighted by Gasteiger charge is -2.28. The molecule has 1 aliphatic heterocycles. The molecular weight excluding hydrogens is 358 g/mol.